The number of carbonyl (C=O) groups is 1. The molecule has 0 bridgehead atoms. The second-order valence-electron chi connectivity index (χ2n) is 8.31. The Balaban J connectivity index is 1.47. The predicted molar refractivity (Wildman–Crippen MR) is 98.5 cm³/mol. The Morgan fingerprint density at radius 3 is 2.50 bits per heavy atom. The van der Waals surface area contributed by atoms with Crippen LogP contribution in [0.15, 0.2) is 18.2 Å². The molecule has 0 N–H and O–H groups in total. The Morgan fingerprint density at radius 1 is 1.12 bits per heavy atom. The summed E-state index contributed by atoms with van der Waals surface area (Å²) in [6, 6.07) is 4.40. The minimum absolute atomic E-state index is 0.293. The van der Waals surface area contributed by atoms with Gasteiger partial charge in [0.2, 0.25) is 5.91 Å². The lowest BCUT2D eigenvalue weighted by atomic mass is 9.83. The molecule has 1 amide bonds. The lowest BCUT2D eigenvalue weighted by Crippen LogP contribution is -2.37. The number of piperidine rings is 1. The van der Waals surface area contributed by atoms with Crippen molar-refractivity contribution in [2.75, 3.05) is 26.2 Å². The summed E-state index contributed by atoms with van der Waals surface area (Å²) < 4.78 is 27.2. The molecule has 3 nitrogen and oxygen atoms in total. The van der Waals surface area contributed by atoms with Crippen molar-refractivity contribution in [2.24, 2.45) is 17.8 Å². The zero-order valence-electron chi connectivity index (χ0n) is 15.9. The van der Waals surface area contributed by atoms with Gasteiger partial charge in [-0.2, -0.15) is 0 Å². The van der Waals surface area contributed by atoms with Gasteiger partial charge in [0.1, 0.15) is 0 Å². The van der Waals surface area contributed by atoms with E-state index in [1.54, 1.807) is 12.1 Å². The molecule has 0 aliphatic carbocycles. The maximum Gasteiger partial charge on any atom is 0.222 e. The fourth-order valence-corrected chi connectivity index (χ4v) is 4.37. The summed E-state index contributed by atoms with van der Waals surface area (Å²) >= 11 is 0. The molecule has 0 saturated carbocycles. The smallest absolute Gasteiger partial charge is 0.222 e. The van der Waals surface area contributed by atoms with E-state index in [1.165, 1.54) is 0 Å². The van der Waals surface area contributed by atoms with Gasteiger partial charge >= 0.3 is 0 Å². The molecule has 5 heteroatoms. The van der Waals surface area contributed by atoms with Crippen LogP contribution in [-0.4, -0.2) is 41.9 Å². The summed E-state index contributed by atoms with van der Waals surface area (Å²) in [5.41, 5.74) is 0.440. The van der Waals surface area contributed by atoms with Crippen molar-refractivity contribution in [3.8, 4) is 0 Å². The molecular weight excluding hydrogens is 334 g/mol. The summed E-state index contributed by atoms with van der Waals surface area (Å²) in [5, 5.41) is 0. The molecule has 2 aliphatic heterocycles. The Labute approximate surface area is 155 Å². The number of carbonyl (C=O) groups excluding carboxylic acids is 1. The third-order valence-corrected chi connectivity index (χ3v) is 5.88. The summed E-state index contributed by atoms with van der Waals surface area (Å²) in [6.45, 7) is 8.26. The van der Waals surface area contributed by atoms with Crippen LogP contribution in [0.4, 0.5) is 8.78 Å². The highest BCUT2D eigenvalue weighted by Crippen LogP contribution is 2.32. The third-order valence-electron chi connectivity index (χ3n) is 5.88. The Kier molecular flexibility index (Phi) is 6.28. The molecule has 1 atom stereocenters. The SMILES string of the molecule is CC(C)CC(=O)N1CCC(C2CCN(Cc3cccc(F)c3F)CC2)C1. The van der Waals surface area contributed by atoms with E-state index in [2.05, 4.69) is 18.7 Å². The molecule has 2 fully saturated rings. The molecule has 0 aromatic heterocycles. The summed E-state index contributed by atoms with van der Waals surface area (Å²) in [6.07, 6.45) is 3.90. The van der Waals surface area contributed by atoms with Crippen LogP contribution in [0.5, 0.6) is 0 Å². The Bertz CT molecular complexity index is 626. The quantitative estimate of drug-likeness (QED) is 0.786. The molecule has 1 aromatic carbocycles. The van der Waals surface area contributed by atoms with E-state index in [9.17, 15) is 13.6 Å². The second-order valence-corrected chi connectivity index (χ2v) is 8.31. The lowest BCUT2D eigenvalue weighted by molar-refractivity contribution is -0.131. The maximum absolute atomic E-state index is 13.8. The Morgan fingerprint density at radius 2 is 1.81 bits per heavy atom. The van der Waals surface area contributed by atoms with Gasteiger partial charge in [0.25, 0.3) is 0 Å². The van der Waals surface area contributed by atoms with E-state index in [0.29, 0.717) is 42.2 Å². The molecule has 0 spiro atoms. The zero-order valence-corrected chi connectivity index (χ0v) is 15.9. The molecule has 26 heavy (non-hydrogen) atoms. The van der Waals surface area contributed by atoms with Gasteiger partial charge in [-0.15, -0.1) is 0 Å². The first-order valence-electron chi connectivity index (χ1n) is 9.87. The zero-order chi connectivity index (χ0) is 18.7. The summed E-state index contributed by atoms with van der Waals surface area (Å²) in [4.78, 5) is 16.5. The summed E-state index contributed by atoms with van der Waals surface area (Å²) in [5.74, 6) is 0.452. The first kappa shape index (κ1) is 19.3. The number of rotatable bonds is 5. The molecule has 2 saturated heterocycles. The van der Waals surface area contributed by atoms with Gasteiger partial charge in [-0.3, -0.25) is 9.69 Å². The van der Waals surface area contributed by atoms with E-state index in [-0.39, 0.29) is 0 Å². The van der Waals surface area contributed by atoms with Gasteiger partial charge in [-0.1, -0.05) is 26.0 Å². The van der Waals surface area contributed by atoms with Crippen LogP contribution in [0.25, 0.3) is 0 Å². The molecule has 2 aliphatic rings. The molecule has 2 heterocycles. The second kappa shape index (κ2) is 8.47. The monoisotopic (exact) mass is 364 g/mol. The van der Waals surface area contributed by atoms with E-state index < -0.39 is 11.6 Å². The third kappa shape index (κ3) is 4.61. The first-order chi connectivity index (χ1) is 12.4. The van der Waals surface area contributed by atoms with Crippen LogP contribution in [-0.2, 0) is 11.3 Å². The number of hydrogen-bond donors (Lipinski definition) is 0. The molecule has 144 valence electrons. The molecule has 0 radical (unpaired) electrons. The fraction of sp³-hybridized carbons (Fsp3) is 0.667. The van der Waals surface area contributed by atoms with Crippen LogP contribution >= 0.6 is 0 Å². The van der Waals surface area contributed by atoms with E-state index in [4.69, 9.17) is 0 Å². The highest BCUT2D eigenvalue weighted by molar-refractivity contribution is 5.76. The van der Waals surface area contributed by atoms with E-state index in [1.807, 2.05) is 4.90 Å². The van der Waals surface area contributed by atoms with E-state index >= 15 is 0 Å². The van der Waals surface area contributed by atoms with Crippen LogP contribution in [0.3, 0.4) is 0 Å². The predicted octanol–water partition coefficient (Wildman–Crippen LogP) is 4.07. The molecular formula is C21H30F2N2O. The first-order valence-corrected chi connectivity index (χ1v) is 9.87. The number of benzene rings is 1. The topological polar surface area (TPSA) is 23.6 Å². The van der Waals surface area contributed by atoms with Crippen molar-refractivity contribution in [3.63, 3.8) is 0 Å². The van der Waals surface area contributed by atoms with Crippen molar-refractivity contribution >= 4 is 5.91 Å². The van der Waals surface area contributed by atoms with Crippen LogP contribution in [0.2, 0.25) is 0 Å². The normalized spacial score (nSPS) is 22.3. The highest BCUT2D eigenvalue weighted by Gasteiger charge is 2.33. The summed E-state index contributed by atoms with van der Waals surface area (Å²) in [7, 11) is 0. The molecule has 1 unspecified atom stereocenters. The lowest BCUT2D eigenvalue weighted by Gasteiger charge is -2.35. The van der Waals surface area contributed by atoms with Gasteiger partial charge in [-0.05, 0) is 56.2 Å². The van der Waals surface area contributed by atoms with Gasteiger partial charge in [-0.25, -0.2) is 8.78 Å². The van der Waals surface area contributed by atoms with Crippen molar-refractivity contribution in [2.45, 2.75) is 46.1 Å². The number of likely N-dealkylation sites (tertiary alicyclic amines) is 2. The number of halogens is 2. The van der Waals surface area contributed by atoms with Gasteiger partial charge in [0, 0.05) is 31.6 Å². The Hall–Kier alpha value is -1.49. The fourth-order valence-electron chi connectivity index (χ4n) is 4.37. The van der Waals surface area contributed by atoms with Gasteiger partial charge in [0.15, 0.2) is 11.6 Å². The van der Waals surface area contributed by atoms with Crippen molar-refractivity contribution in [1.29, 1.82) is 0 Å². The van der Waals surface area contributed by atoms with Crippen molar-refractivity contribution < 1.29 is 13.6 Å². The van der Waals surface area contributed by atoms with E-state index in [0.717, 1.165) is 51.5 Å². The average Bonchev–Trinajstić information content (AvgIpc) is 3.09. The minimum Gasteiger partial charge on any atom is -0.342 e. The molecule has 1 aromatic rings. The van der Waals surface area contributed by atoms with Crippen LogP contribution in [0.1, 0.15) is 45.1 Å². The number of amides is 1. The molecule has 3 rings (SSSR count). The number of nitrogens with zero attached hydrogens (tertiary/aromatic N) is 2. The average molecular weight is 364 g/mol. The largest absolute Gasteiger partial charge is 0.342 e. The van der Waals surface area contributed by atoms with Crippen molar-refractivity contribution in [1.82, 2.24) is 9.80 Å². The standard InChI is InChI=1S/C21H30F2N2O/c1-15(2)12-20(26)25-11-8-17(14-25)16-6-9-24(10-7-16)13-18-4-3-5-19(22)21(18)23/h3-5,15-17H,6-14H2,1-2H3. The van der Waals surface area contributed by atoms with Gasteiger partial charge < -0.3 is 4.90 Å². The van der Waals surface area contributed by atoms with Crippen LogP contribution < -0.4 is 0 Å². The highest BCUT2D eigenvalue weighted by atomic mass is 19.2. The maximum atomic E-state index is 13.8. The van der Waals surface area contributed by atoms with Crippen molar-refractivity contribution in [3.05, 3.63) is 35.4 Å². The van der Waals surface area contributed by atoms with Crippen LogP contribution in [0, 0.1) is 29.4 Å². The number of hydrogen-bond acceptors (Lipinski definition) is 2. The minimum atomic E-state index is -0.769. The van der Waals surface area contributed by atoms with Gasteiger partial charge in [0.05, 0.1) is 0 Å².